The lowest BCUT2D eigenvalue weighted by molar-refractivity contribution is 0.0947. The van der Waals surface area contributed by atoms with Crippen LogP contribution in [0, 0.1) is 0 Å². The number of furan rings is 1. The van der Waals surface area contributed by atoms with Gasteiger partial charge in [-0.3, -0.25) is 4.79 Å². The quantitative estimate of drug-likeness (QED) is 0.505. The fourth-order valence-corrected chi connectivity index (χ4v) is 3.04. The number of hydrogen-bond acceptors (Lipinski definition) is 6. The monoisotopic (exact) mass is 408 g/mol. The molecule has 0 radical (unpaired) electrons. The Bertz CT molecular complexity index is 1140. The molecule has 1 N–H and O–H groups in total. The minimum Gasteiger partial charge on any atom is -0.496 e. The molecule has 0 aliphatic heterocycles. The average Bonchev–Trinajstić information content (AvgIpc) is 3.42. The summed E-state index contributed by atoms with van der Waals surface area (Å²) in [6, 6.07) is 17.7. The van der Waals surface area contributed by atoms with E-state index in [9.17, 15) is 4.79 Å². The molecule has 2 heterocycles. The van der Waals surface area contributed by atoms with Gasteiger partial charge >= 0.3 is 0 Å². The highest BCUT2D eigenvalue weighted by atomic mass is 35.5. The SMILES string of the molecule is COc1ccccc1CNc1nc(-c2ccco2)nn1C(=O)c1cccc(Cl)c1. The maximum atomic E-state index is 13.0. The second-order valence-corrected chi connectivity index (χ2v) is 6.57. The van der Waals surface area contributed by atoms with Crippen molar-refractivity contribution in [3.63, 3.8) is 0 Å². The number of halogens is 1. The van der Waals surface area contributed by atoms with Crippen molar-refractivity contribution >= 4 is 23.5 Å². The van der Waals surface area contributed by atoms with Crippen LogP contribution in [0.1, 0.15) is 15.9 Å². The number of para-hydroxylation sites is 1. The molecule has 0 atom stereocenters. The Balaban J connectivity index is 1.69. The number of methoxy groups -OCH3 is 1. The molecule has 7 nitrogen and oxygen atoms in total. The topological polar surface area (TPSA) is 82.2 Å². The average molecular weight is 409 g/mol. The van der Waals surface area contributed by atoms with Crippen molar-refractivity contribution < 1.29 is 13.9 Å². The number of rotatable bonds is 6. The Morgan fingerprint density at radius 2 is 2.03 bits per heavy atom. The summed E-state index contributed by atoms with van der Waals surface area (Å²) in [5, 5.41) is 7.97. The fourth-order valence-electron chi connectivity index (χ4n) is 2.85. The number of carbonyl (C=O) groups excluding carboxylic acids is 1. The molecule has 0 saturated heterocycles. The zero-order chi connectivity index (χ0) is 20.2. The highest BCUT2D eigenvalue weighted by Crippen LogP contribution is 2.22. The van der Waals surface area contributed by atoms with Gasteiger partial charge in [0.05, 0.1) is 13.4 Å². The molecule has 0 aliphatic carbocycles. The van der Waals surface area contributed by atoms with Crippen LogP contribution in [0.4, 0.5) is 5.95 Å². The third kappa shape index (κ3) is 4.00. The smallest absolute Gasteiger partial charge is 0.281 e. The van der Waals surface area contributed by atoms with Crippen LogP contribution in [0.5, 0.6) is 5.75 Å². The van der Waals surface area contributed by atoms with Crippen LogP contribution in [0.3, 0.4) is 0 Å². The van der Waals surface area contributed by atoms with Crippen molar-refractivity contribution in [2.45, 2.75) is 6.54 Å². The number of carbonyl (C=O) groups is 1. The number of nitrogens with zero attached hydrogens (tertiary/aromatic N) is 3. The van der Waals surface area contributed by atoms with Crippen LogP contribution in [0.25, 0.3) is 11.6 Å². The Kier molecular flexibility index (Phi) is 5.31. The third-order valence-corrected chi connectivity index (χ3v) is 4.48. The van der Waals surface area contributed by atoms with Gasteiger partial charge in [-0.1, -0.05) is 35.9 Å². The molecule has 4 rings (SSSR count). The second kappa shape index (κ2) is 8.20. The summed E-state index contributed by atoms with van der Waals surface area (Å²) in [7, 11) is 1.61. The van der Waals surface area contributed by atoms with E-state index in [4.69, 9.17) is 20.8 Å². The van der Waals surface area contributed by atoms with E-state index in [0.29, 0.717) is 28.7 Å². The van der Waals surface area contributed by atoms with E-state index in [0.717, 1.165) is 11.3 Å². The molecular formula is C21H17ClN4O3. The maximum Gasteiger partial charge on any atom is 0.281 e. The Labute approximate surface area is 171 Å². The first-order valence-corrected chi connectivity index (χ1v) is 9.20. The molecule has 4 aromatic rings. The highest BCUT2D eigenvalue weighted by Gasteiger charge is 2.20. The first-order valence-electron chi connectivity index (χ1n) is 8.82. The molecule has 0 aliphatic rings. The van der Waals surface area contributed by atoms with Crippen molar-refractivity contribution in [1.29, 1.82) is 0 Å². The normalized spacial score (nSPS) is 10.7. The Morgan fingerprint density at radius 3 is 2.79 bits per heavy atom. The standard InChI is InChI=1S/C21H17ClN4O3/c1-28-17-9-3-2-6-15(17)13-23-21-24-19(18-10-5-11-29-18)25-26(21)20(27)14-7-4-8-16(22)12-14/h2-12H,13H2,1H3,(H,23,24,25). The van der Waals surface area contributed by atoms with Gasteiger partial charge in [-0.25, -0.2) is 0 Å². The summed E-state index contributed by atoms with van der Waals surface area (Å²) in [6.45, 7) is 0.392. The van der Waals surface area contributed by atoms with Gasteiger partial charge in [0.2, 0.25) is 11.8 Å². The lowest BCUT2D eigenvalue weighted by Crippen LogP contribution is -2.17. The zero-order valence-corrected chi connectivity index (χ0v) is 16.3. The largest absolute Gasteiger partial charge is 0.496 e. The molecule has 0 spiro atoms. The zero-order valence-electron chi connectivity index (χ0n) is 15.5. The molecular weight excluding hydrogens is 392 g/mol. The Hall–Kier alpha value is -3.58. The van der Waals surface area contributed by atoms with Crippen LogP contribution in [0.15, 0.2) is 71.3 Å². The van der Waals surface area contributed by atoms with Gasteiger partial charge in [0.1, 0.15) is 5.75 Å². The molecule has 0 bridgehead atoms. The van der Waals surface area contributed by atoms with E-state index in [2.05, 4.69) is 15.4 Å². The fraction of sp³-hybridized carbons (Fsp3) is 0.0952. The van der Waals surface area contributed by atoms with E-state index < -0.39 is 0 Å². The minimum atomic E-state index is -0.361. The highest BCUT2D eigenvalue weighted by molar-refractivity contribution is 6.31. The summed E-state index contributed by atoms with van der Waals surface area (Å²) in [5.74, 6) is 1.42. The predicted molar refractivity (Wildman–Crippen MR) is 109 cm³/mol. The number of aromatic nitrogens is 3. The van der Waals surface area contributed by atoms with Crippen LogP contribution >= 0.6 is 11.6 Å². The van der Waals surface area contributed by atoms with Crippen LogP contribution < -0.4 is 10.1 Å². The number of benzene rings is 2. The van der Waals surface area contributed by atoms with Crippen LogP contribution in [0.2, 0.25) is 5.02 Å². The first kappa shape index (κ1) is 18.8. The molecule has 8 heteroatoms. The third-order valence-electron chi connectivity index (χ3n) is 4.24. The van der Waals surface area contributed by atoms with Gasteiger partial charge in [0, 0.05) is 22.7 Å². The van der Waals surface area contributed by atoms with Gasteiger partial charge < -0.3 is 14.5 Å². The van der Waals surface area contributed by atoms with Gasteiger partial charge in [-0.15, -0.1) is 5.10 Å². The van der Waals surface area contributed by atoms with Crippen molar-refractivity contribution in [2.75, 3.05) is 12.4 Å². The lowest BCUT2D eigenvalue weighted by Gasteiger charge is -2.10. The maximum absolute atomic E-state index is 13.0. The first-order chi connectivity index (χ1) is 14.2. The van der Waals surface area contributed by atoms with Gasteiger partial charge in [-0.05, 0) is 36.4 Å². The molecule has 0 unspecified atom stereocenters. The predicted octanol–water partition coefficient (Wildman–Crippen LogP) is 4.50. The molecule has 0 amide bonds. The second-order valence-electron chi connectivity index (χ2n) is 6.13. The lowest BCUT2D eigenvalue weighted by atomic mass is 10.2. The van der Waals surface area contributed by atoms with Crippen molar-refractivity contribution in [3.8, 4) is 17.3 Å². The molecule has 2 aromatic carbocycles. The number of anilines is 1. The number of ether oxygens (including phenoxy) is 1. The summed E-state index contributed by atoms with van der Waals surface area (Å²) in [5.41, 5.74) is 1.31. The van der Waals surface area contributed by atoms with Crippen LogP contribution in [-0.4, -0.2) is 27.8 Å². The van der Waals surface area contributed by atoms with E-state index in [-0.39, 0.29) is 11.9 Å². The van der Waals surface area contributed by atoms with E-state index in [1.807, 2.05) is 24.3 Å². The molecule has 2 aromatic heterocycles. The molecule has 0 saturated carbocycles. The van der Waals surface area contributed by atoms with Gasteiger partial charge in [-0.2, -0.15) is 9.67 Å². The van der Waals surface area contributed by atoms with Crippen LogP contribution in [-0.2, 0) is 6.54 Å². The van der Waals surface area contributed by atoms with E-state index in [1.54, 1.807) is 43.5 Å². The van der Waals surface area contributed by atoms with Crippen molar-refractivity contribution in [2.24, 2.45) is 0 Å². The number of nitrogens with one attached hydrogen (secondary N) is 1. The summed E-state index contributed by atoms with van der Waals surface area (Å²) >= 11 is 6.04. The summed E-state index contributed by atoms with van der Waals surface area (Å²) < 4.78 is 12.0. The van der Waals surface area contributed by atoms with E-state index in [1.165, 1.54) is 10.9 Å². The van der Waals surface area contributed by atoms with Gasteiger partial charge in [0.25, 0.3) is 5.91 Å². The molecule has 0 fully saturated rings. The summed E-state index contributed by atoms with van der Waals surface area (Å²) in [6.07, 6.45) is 1.52. The van der Waals surface area contributed by atoms with Crippen molar-refractivity contribution in [3.05, 3.63) is 83.1 Å². The van der Waals surface area contributed by atoms with Crippen molar-refractivity contribution in [1.82, 2.24) is 14.8 Å². The summed E-state index contributed by atoms with van der Waals surface area (Å²) in [4.78, 5) is 17.5. The van der Waals surface area contributed by atoms with Gasteiger partial charge in [0.15, 0.2) is 5.76 Å². The molecule has 146 valence electrons. The Morgan fingerprint density at radius 1 is 1.17 bits per heavy atom. The molecule has 29 heavy (non-hydrogen) atoms. The van der Waals surface area contributed by atoms with E-state index >= 15 is 0 Å². The minimum absolute atomic E-state index is 0.285. The number of hydrogen-bond donors (Lipinski definition) is 1.